The van der Waals surface area contributed by atoms with E-state index in [0.29, 0.717) is 18.2 Å². The molecule has 0 bridgehead atoms. The molecule has 134 valence electrons. The molecule has 0 saturated carbocycles. The van der Waals surface area contributed by atoms with Crippen molar-refractivity contribution in [1.82, 2.24) is 4.98 Å². The summed E-state index contributed by atoms with van der Waals surface area (Å²) in [7, 11) is 0. The molecule has 1 heterocycles. The van der Waals surface area contributed by atoms with Crippen LogP contribution in [0.2, 0.25) is 5.15 Å². The summed E-state index contributed by atoms with van der Waals surface area (Å²) < 4.78 is 5.40. The van der Waals surface area contributed by atoms with Crippen LogP contribution < -0.4 is 0 Å². The molecule has 0 saturated heterocycles. The van der Waals surface area contributed by atoms with Crippen LogP contribution in [0.3, 0.4) is 0 Å². The van der Waals surface area contributed by atoms with Crippen LogP contribution in [0.25, 0.3) is 11.3 Å². The van der Waals surface area contributed by atoms with Gasteiger partial charge in [-0.25, -0.2) is 4.98 Å². The molecular weight excluding hydrogens is 334 g/mol. The number of hydrogen-bond donors (Lipinski definition) is 0. The maximum Gasteiger partial charge on any atom is 0.311 e. The number of aromatic nitrogens is 1. The van der Waals surface area contributed by atoms with E-state index in [1.54, 1.807) is 6.07 Å². The lowest BCUT2D eigenvalue weighted by Crippen LogP contribution is -2.29. The van der Waals surface area contributed by atoms with Crippen LogP contribution in [-0.2, 0) is 16.0 Å². The summed E-state index contributed by atoms with van der Waals surface area (Å²) in [5.74, 6) is -0.150. The third kappa shape index (κ3) is 5.30. The fourth-order valence-electron chi connectivity index (χ4n) is 2.71. The zero-order valence-corrected chi connectivity index (χ0v) is 16.2. The van der Waals surface area contributed by atoms with E-state index in [9.17, 15) is 4.79 Å². The Morgan fingerprint density at radius 2 is 2.00 bits per heavy atom. The van der Waals surface area contributed by atoms with E-state index < -0.39 is 5.41 Å². The highest BCUT2D eigenvalue weighted by atomic mass is 35.5. The van der Waals surface area contributed by atoms with Crippen molar-refractivity contribution >= 4 is 17.6 Å². The molecule has 0 fully saturated rings. The second-order valence-corrected chi connectivity index (χ2v) is 7.44. The smallest absolute Gasteiger partial charge is 0.311 e. The maximum absolute atomic E-state index is 12.3. The number of halogens is 1. The summed E-state index contributed by atoms with van der Waals surface area (Å²) >= 11 is 6.04. The second-order valence-electron chi connectivity index (χ2n) is 7.05. The van der Waals surface area contributed by atoms with E-state index in [2.05, 4.69) is 18.0 Å². The first-order chi connectivity index (χ1) is 11.8. The lowest BCUT2D eigenvalue weighted by molar-refractivity contribution is -0.154. The zero-order valence-electron chi connectivity index (χ0n) is 15.4. The monoisotopic (exact) mass is 359 g/mol. The van der Waals surface area contributed by atoms with Crippen molar-refractivity contribution in [2.75, 3.05) is 6.61 Å². The van der Waals surface area contributed by atoms with Gasteiger partial charge in [0.2, 0.25) is 0 Å². The number of esters is 1. The summed E-state index contributed by atoms with van der Waals surface area (Å²) in [6.07, 6.45) is 2.53. The molecule has 4 heteroatoms. The molecule has 0 unspecified atom stereocenters. The standard InChI is InChI=1S/C21H26ClNO2/c1-5-6-12-25-20(24)21(3,4)14-16-8-7-9-17(13-16)19-15(2)10-11-18(22)23-19/h7-11,13H,5-6,12,14H2,1-4H3. The number of rotatable bonds is 7. The van der Waals surface area contributed by atoms with Gasteiger partial charge in [0.05, 0.1) is 17.7 Å². The molecule has 1 aromatic heterocycles. The number of carbonyl (C=O) groups is 1. The van der Waals surface area contributed by atoms with Gasteiger partial charge in [0, 0.05) is 5.56 Å². The summed E-state index contributed by atoms with van der Waals surface area (Å²) in [6, 6.07) is 11.9. The van der Waals surface area contributed by atoms with E-state index in [0.717, 1.165) is 35.2 Å². The number of aryl methyl sites for hydroxylation is 1. The molecule has 0 atom stereocenters. The number of benzene rings is 1. The van der Waals surface area contributed by atoms with Crippen molar-refractivity contribution in [3.8, 4) is 11.3 Å². The maximum atomic E-state index is 12.3. The molecule has 0 aliphatic heterocycles. The number of ether oxygens (including phenoxy) is 1. The number of pyridine rings is 1. The Morgan fingerprint density at radius 3 is 2.72 bits per heavy atom. The van der Waals surface area contributed by atoms with Gasteiger partial charge in [-0.2, -0.15) is 0 Å². The van der Waals surface area contributed by atoms with Gasteiger partial charge in [-0.1, -0.05) is 49.2 Å². The summed E-state index contributed by atoms with van der Waals surface area (Å²) in [5, 5.41) is 0.478. The number of hydrogen-bond acceptors (Lipinski definition) is 3. The zero-order chi connectivity index (χ0) is 18.4. The van der Waals surface area contributed by atoms with Crippen LogP contribution in [0.5, 0.6) is 0 Å². The number of unbranched alkanes of at least 4 members (excludes halogenated alkanes) is 1. The molecule has 3 nitrogen and oxygen atoms in total. The Labute approximate surface area is 155 Å². The quantitative estimate of drug-likeness (QED) is 0.365. The minimum atomic E-state index is -0.566. The minimum Gasteiger partial charge on any atom is -0.465 e. The van der Waals surface area contributed by atoms with E-state index >= 15 is 0 Å². The molecule has 2 rings (SSSR count). The second kappa shape index (κ2) is 8.48. The molecular formula is C21H26ClNO2. The van der Waals surface area contributed by atoms with Gasteiger partial charge < -0.3 is 4.74 Å². The molecule has 0 radical (unpaired) electrons. The summed E-state index contributed by atoms with van der Waals surface area (Å²) in [4.78, 5) is 16.8. The first kappa shape index (κ1) is 19.5. The SMILES string of the molecule is CCCCOC(=O)C(C)(C)Cc1cccc(-c2nc(Cl)ccc2C)c1. The molecule has 0 N–H and O–H groups in total. The molecule has 1 aromatic carbocycles. The van der Waals surface area contributed by atoms with Gasteiger partial charge >= 0.3 is 5.97 Å². The van der Waals surface area contributed by atoms with Gasteiger partial charge in [-0.3, -0.25) is 4.79 Å². The molecule has 2 aromatic rings. The predicted molar refractivity (Wildman–Crippen MR) is 103 cm³/mol. The van der Waals surface area contributed by atoms with Crippen molar-refractivity contribution in [2.45, 2.75) is 47.0 Å². The predicted octanol–water partition coefficient (Wildman–Crippen LogP) is 5.62. The van der Waals surface area contributed by atoms with Crippen LogP contribution in [0.15, 0.2) is 36.4 Å². The van der Waals surface area contributed by atoms with Crippen molar-refractivity contribution < 1.29 is 9.53 Å². The van der Waals surface area contributed by atoms with Crippen molar-refractivity contribution in [1.29, 1.82) is 0 Å². The Morgan fingerprint density at radius 1 is 1.24 bits per heavy atom. The first-order valence-electron chi connectivity index (χ1n) is 8.73. The fourth-order valence-corrected chi connectivity index (χ4v) is 2.86. The highest BCUT2D eigenvalue weighted by Gasteiger charge is 2.29. The van der Waals surface area contributed by atoms with Crippen molar-refractivity contribution in [3.05, 3.63) is 52.7 Å². The highest BCUT2D eigenvalue weighted by Crippen LogP contribution is 2.28. The van der Waals surface area contributed by atoms with Crippen molar-refractivity contribution in [2.24, 2.45) is 5.41 Å². The summed E-state index contributed by atoms with van der Waals surface area (Å²) in [6.45, 7) is 8.44. The van der Waals surface area contributed by atoms with Crippen LogP contribution in [-0.4, -0.2) is 17.6 Å². The van der Waals surface area contributed by atoms with Gasteiger partial charge in [-0.15, -0.1) is 0 Å². The first-order valence-corrected chi connectivity index (χ1v) is 9.11. The third-order valence-electron chi connectivity index (χ3n) is 4.19. The molecule has 25 heavy (non-hydrogen) atoms. The Balaban J connectivity index is 2.18. The van der Waals surface area contributed by atoms with Crippen molar-refractivity contribution in [3.63, 3.8) is 0 Å². The van der Waals surface area contributed by atoms with E-state index in [-0.39, 0.29) is 5.97 Å². The van der Waals surface area contributed by atoms with Gasteiger partial charge in [0.15, 0.2) is 0 Å². The largest absolute Gasteiger partial charge is 0.465 e. The van der Waals surface area contributed by atoms with E-state index in [1.807, 2.05) is 45.0 Å². The average Bonchev–Trinajstić information content (AvgIpc) is 2.57. The van der Waals surface area contributed by atoms with E-state index in [4.69, 9.17) is 16.3 Å². The Hall–Kier alpha value is -1.87. The van der Waals surface area contributed by atoms with Gasteiger partial charge in [0.25, 0.3) is 0 Å². The van der Waals surface area contributed by atoms with E-state index in [1.165, 1.54) is 0 Å². The molecule has 0 spiro atoms. The molecule has 0 amide bonds. The number of nitrogens with zero attached hydrogens (tertiary/aromatic N) is 1. The van der Waals surface area contributed by atoms with Gasteiger partial charge in [0.1, 0.15) is 5.15 Å². The lowest BCUT2D eigenvalue weighted by Gasteiger charge is -2.23. The highest BCUT2D eigenvalue weighted by molar-refractivity contribution is 6.29. The fraction of sp³-hybridized carbons (Fsp3) is 0.429. The Bertz CT molecular complexity index is 740. The van der Waals surface area contributed by atoms with Crippen LogP contribution in [0.1, 0.15) is 44.7 Å². The van der Waals surface area contributed by atoms with Crippen LogP contribution >= 0.6 is 11.6 Å². The minimum absolute atomic E-state index is 0.150. The summed E-state index contributed by atoms with van der Waals surface area (Å²) in [5.41, 5.74) is 3.46. The molecule has 0 aliphatic rings. The normalized spacial score (nSPS) is 11.4. The van der Waals surface area contributed by atoms with Crippen LogP contribution in [0.4, 0.5) is 0 Å². The molecule has 0 aliphatic carbocycles. The number of carbonyl (C=O) groups excluding carboxylic acids is 1. The lowest BCUT2D eigenvalue weighted by atomic mass is 9.85. The topological polar surface area (TPSA) is 39.2 Å². The average molecular weight is 360 g/mol. The van der Waals surface area contributed by atoms with Gasteiger partial charge in [-0.05, 0) is 56.9 Å². The van der Waals surface area contributed by atoms with Crippen LogP contribution in [0, 0.1) is 12.3 Å². The Kier molecular flexibility index (Phi) is 6.60. The third-order valence-corrected chi connectivity index (χ3v) is 4.40.